The Morgan fingerprint density at radius 2 is 2.09 bits per heavy atom. The van der Waals surface area contributed by atoms with Crippen LogP contribution in [0.5, 0.6) is 0 Å². The Balaban J connectivity index is 1.33. The first-order valence-corrected chi connectivity index (χ1v) is 7.73. The first-order chi connectivity index (χ1) is 10.8. The minimum absolute atomic E-state index is 0.00801. The fourth-order valence-electron chi connectivity index (χ4n) is 2.79. The SMILES string of the molecule is O=C(NCC1Cc2ccccc2CO1)c1cc(C2CC2)on1. The molecule has 2 heterocycles. The van der Waals surface area contributed by atoms with Gasteiger partial charge >= 0.3 is 0 Å². The van der Waals surface area contributed by atoms with Crippen LogP contribution in [0.3, 0.4) is 0 Å². The molecule has 2 aromatic rings. The monoisotopic (exact) mass is 298 g/mol. The number of fused-ring (bicyclic) bond motifs is 1. The zero-order chi connectivity index (χ0) is 14.9. The Labute approximate surface area is 128 Å². The van der Waals surface area contributed by atoms with Crippen molar-refractivity contribution in [3.63, 3.8) is 0 Å². The smallest absolute Gasteiger partial charge is 0.273 e. The number of carbonyl (C=O) groups excluding carboxylic acids is 1. The summed E-state index contributed by atoms with van der Waals surface area (Å²) in [6, 6.07) is 10.0. The fraction of sp³-hybridized carbons (Fsp3) is 0.412. The van der Waals surface area contributed by atoms with Gasteiger partial charge in [0.15, 0.2) is 5.69 Å². The number of nitrogens with one attached hydrogen (secondary N) is 1. The second-order valence-corrected chi connectivity index (χ2v) is 6.00. The van der Waals surface area contributed by atoms with Crippen molar-refractivity contribution >= 4 is 5.91 Å². The lowest BCUT2D eigenvalue weighted by Gasteiger charge is -2.25. The van der Waals surface area contributed by atoms with Gasteiger partial charge in [0.1, 0.15) is 5.76 Å². The van der Waals surface area contributed by atoms with Gasteiger partial charge < -0.3 is 14.6 Å². The molecule has 0 saturated heterocycles. The summed E-state index contributed by atoms with van der Waals surface area (Å²) in [5.74, 6) is 1.10. The topological polar surface area (TPSA) is 64.4 Å². The van der Waals surface area contributed by atoms with E-state index in [2.05, 4.69) is 22.6 Å². The van der Waals surface area contributed by atoms with E-state index in [4.69, 9.17) is 9.26 Å². The Kier molecular flexibility index (Phi) is 3.42. The number of hydrogen-bond acceptors (Lipinski definition) is 4. The van der Waals surface area contributed by atoms with Gasteiger partial charge in [0.25, 0.3) is 5.91 Å². The van der Waals surface area contributed by atoms with Crippen LogP contribution in [-0.2, 0) is 17.8 Å². The largest absolute Gasteiger partial charge is 0.371 e. The number of rotatable bonds is 4. The second kappa shape index (κ2) is 5.57. The molecule has 114 valence electrons. The van der Waals surface area contributed by atoms with Crippen LogP contribution in [0.4, 0.5) is 0 Å². The number of hydrogen-bond donors (Lipinski definition) is 1. The minimum Gasteiger partial charge on any atom is -0.371 e. The summed E-state index contributed by atoms with van der Waals surface area (Å²) in [6.45, 7) is 1.09. The zero-order valence-corrected chi connectivity index (χ0v) is 12.2. The second-order valence-electron chi connectivity index (χ2n) is 6.00. The van der Waals surface area contributed by atoms with Crippen molar-refractivity contribution in [1.29, 1.82) is 0 Å². The maximum absolute atomic E-state index is 12.1. The molecule has 22 heavy (non-hydrogen) atoms. The zero-order valence-electron chi connectivity index (χ0n) is 12.2. The highest BCUT2D eigenvalue weighted by molar-refractivity contribution is 5.92. The van der Waals surface area contributed by atoms with E-state index in [9.17, 15) is 4.79 Å². The van der Waals surface area contributed by atoms with Gasteiger partial charge in [-0.3, -0.25) is 4.79 Å². The summed E-state index contributed by atoms with van der Waals surface area (Å²) >= 11 is 0. The lowest BCUT2D eigenvalue weighted by molar-refractivity contribution is 0.0284. The van der Waals surface area contributed by atoms with Gasteiger partial charge in [-0.05, 0) is 24.0 Å². The Morgan fingerprint density at radius 1 is 1.27 bits per heavy atom. The lowest BCUT2D eigenvalue weighted by Crippen LogP contribution is -2.36. The fourth-order valence-corrected chi connectivity index (χ4v) is 2.79. The summed E-state index contributed by atoms with van der Waals surface area (Å²) in [7, 11) is 0. The lowest BCUT2D eigenvalue weighted by atomic mass is 9.99. The maximum Gasteiger partial charge on any atom is 0.273 e. The van der Waals surface area contributed by atoms with Crippen LogP contribution < -0.4 is 5.32 Å². The van der Waals surface area contributed by atoms with E-state index in [0.29, 0.717) is 24.8 Å². The molecule has 1 fully saturated rings. The summed E-state index contributed by atoms with van der Waals surface area (Å²) in [4.78, 5) is 12.1. The van der Waals surface area contributed by atoms with E-state index < -0.39 is 0 Å². The van der Waals surface area contributed by atoms with E-state index >= 15 is 0 Å². The molecule has 1 amide bonds. The summed E-state index contributed by atoms with van der Waals surface area (Å²) < 4.78 is 11.0. The van der Waals surface area contributed by atoms with Crippen LogP contribution in [0.1, 0.15) is 46.1 Å². The van der Waals surface area contributed by atoms with Crippen molar-refractivity contribution < 1.29 is 14.1 Å². The van der Waals surface area contributed by atoms with Crippen LogP contribution in [0.15, 0.2) is 34.9 Å². The van der Waals surface area contributed by atoms with Crippen molar-refractivity contribution in [2.24, 2.45) is 0 Å². The highest BCUT2D eigenvalue weighted by Crippen LogP contribution is 2.40. The first kappa shape index (κ1) is 13.5. The van der Waals surface area contributed by atoms with E-state index in [-0.39, 0.29) is 12.0 Å². The van der Waals surface area contributed by atoms with E-state index in [0.717, 1.165) is 25.0 Å². The Hall–Kier alpha value is -2.14. The average Bonchev–Trinajstić information content (AvgIpc) is 3.29. The van der Waals surface area contributed by atoms with Crippen LogP contribution in [0.25, 0.3) is 0 Å². The van der Waals surface area contributed by atoms with Gasteiger partial charge in [0, 0.05) is 24.9 Å². The van der Waals surface area contributed by atoms with Crippen molar-refractivity contribution in [3.8, 4) is 0 Å². The third kappa shape index (κ3) is 2.76. The molecule has 0 spiro atoms. The number of carbonyl (C=O) groups is 1. The van der Waals surface area contributed by atoms with Crippen molar-refractivity contribution in [2.45, 2.75) is 37.9 Å². The summed E-state index contributed by atoms with van der Waals surface area (Å²) in [5, 5.41) is 6.73. The third-order valence-corrected chi connectivity index (χ3v) is 4.27. The summed E-state index contributed by atoms with van der Waals surface area (Å²) in [6.07, 6.45) is 3.09. The number of nitrogens with zero attached hydrogens (tertiary/aromatic N) is 1. The molecule has 0 radical (unpaired) electrons. The predicted molar refractivity (Wildman–Crippen MR) is 79.5 cm³/mol. The Morgan fingerprint density at radius 3 is 2.91 bits per heavy atom. The van der Waals surface area contributed by atoms with Crippen LogP contribution >= 0.6 is 0 Å². The van der Waals surface area contributed by atoms with Crippen molar-refractivity contribution in [2.75, 3.05) is 6.54 Å². The molecule has 1 unspecified atom stereocenters. The number of amides is 1. The molecule has 4 rings (SSSR count). The van der Waals surface area contributed by atoms with Gasteiger partial charge in [-0.1, -0.05) is 29.4 Å². The quantitative estimate of drug-likeness (QED) is 0.941. The molecule has 5 heteroatoms. The molecule has 1 aromatic heterocycles. The molecule has 5 nitrogen and oxygen atoms in total. The standard InChI is InChI=1S/C17H18N2O3/c20-17(15-8-16(22-19-15)11-5-6-11)18-9-14-7-12-3-1-2-4-13(12)10-21-14/h1-4,8,11,14H,5-7,9-10H2,(H,18,20). The molecule has 1 saturated carbocycles. The Bertz CT molecular complexity index is 691. The molecule has 1 N–H and O–H groups in total. The average molecular weight is 298 g/mol. The van der Waals surface area contributed by atoms with E-state index in [1.807, 2.05) is 12.1 Å². The highest BCUT2D eigenvalue weighted by Gasteiger charge is 2.29. The molecule has 1 atom stereocenters. The van der Waals surface area contributed by atoms with Gasteiger partial charge in [0.2, 0.25) is 0 Å². The van der Waals surface area contributed by atoms with Gasteiger partial charge in [-0.15, -0.1) is 0 Å². The number of aromatic nitrogens is 1. The number of benzene rings is 1. The molecular weight excluding hydrogens is 280 g/mol. The first-order valence-electron chi connectivity index (χ1n) is 7.73. The van der Waals surface area contributed by atoms with Crippen molar-refractivity contribution in [3.05, 3.63) is 52.9 Å². The molecular formula is C17H18N2O3. The summed E-state index contributed by atoms with van der Waals surface area (Å²) in [5.41, 5.74) is 2.89. The molecule has 0 bridgehead atoms. The number of ether oxygens (including phenoxy) is 1. The van der Waals surface area contributed by atoms with Crippen LogP contribution in [0, 0.1) is 0 Å². The predicted octanol–water partition coefficient (Wildman–Crippen LogP) is 2.42. The molecule has 2 aliphatic rings. The van der Waals surface area contributed by atoms with Crippen LogP contribution in [0.2, 0.25) is 0 Å². The molecule has 1 aliphatic carbocycles. The highest BCUT2D eigenvalue weighted by atomic mass is 16.5. The van der Waals surface area contributed by atoms with Gasteiger partial charge in [-0.2, -0.15) is 0 Å². The van der Waals surface area contributed by atoms with Crippen LogP contribution in [-0.4, -0.2) is 23.7 Å². The minimum atomic E-state index is -0.196. The van der Waals surface area contributed by atoms with Gasteiger partial charge in [-0.25, -0.2) is 0 Å². The van der Waals surface area contributed by atoms with Gasteiger partial charge in [0.05, 0.1) is 12.7 Å². The molecule has 1 aliphatic heterocycles. The van der Waals surface area contributed by atoms with E-state index in [1.54, 1.807) is 6.07 Å². The normalized spacial score (nSPS) is 20.5. The van der Waals surface area contributed by atoms with E-state index in [1.165, 1.54) is 11.1 Å². The molecule has 1 aromatic carbocycles. The van der Waals surface area contributed by atoms with Crippen molar-refractivity contribution in [1.82, 2.24) is 10.5 Å². The maximum atomic E-state index is 12.1. The third-order valence-electron chi connectivity index (χ3n) is 4.27.